The van der Waals surface area contributed by atoms with E-state index < -0.39 is 0 Å². The summed E-state index contributed by atoms with van der Waals surface area (Å²) in [6, 6.07) is 9.54. The first-order chi connectivity index (χ1) is 8.85. The maximum atomic E-state index is 8.98. The standard InChI is InChI=1S/C12H12N4O2/c1-2-17-18-9-10(7-13)8-16-12-6-4-3-5-11(12)14-15-16/h3-6,8H,2,9H2,1H3. The van der Waals surface area contributed by atoms with Crippen LogP contribution in [0, 0.1) is 11.3 Å². The monoisotopic (exact) mass is 244 g/mol. The molecule has 0 aliphatic heterocycles. The molecule has 0 fully saturated rings. The van der Waals surface area contributed by atoms with Gasteiger partial charge in [-0.25, -0.2) is 14.5 Å². The van der Waals surface area contributed by atoms with Crippen molar-refractivity contribution in [2.24, 2.45) is 0 Å². The minimum absolute atomic E-state index is 0.0819. The van der Waals surface area contributed by atoms with Gasteiger partial charge in [0.15, 0.2) is 0 Å². The van der Waals surface area contributed by atoms with Gasteiger partial charge in [-0.05, 0) is 19.1 Å². The molecular weight excluding hydrogens is 232 g/mol. The molecule has 0 saturated heterocycles. The van der Waals surface area contributed by atoms with Gasteiger partial charge in [0.05, 0.1) is 23.8 Å². The first-order valence-electron chi connectivity index (χ1n) is 5.50. The summed E-state index contributed by atoms with van der Waals surface area (Å²) < 4.78 is 1.54. The Balaban J connectivity index is 2.22. The van der Waals surface area contributed by atoms with E-state index in [4.69, 9.17) is 15.0 Å². The molecule has 0 atom stereocenters. The van der Waals surface area contributed by atoms with Gasteiger partial charge in [0.25, 0.3) is 0 Å². The Kier molecular flexibility index (Phi) is 4.02. The molecule has 0 N–H and O–H groups in total. The van der Waals surface area contributed by atoms with Crippen LogP contribution in [0.25, 0.3) is 17.2 Å². The van der Waals surface area contributed by atoms with Gasteiger partial charge in [0.1, 0.15) is 12.1 Å². The van der Waals surface area contributed by atoms with E-state index in [-0.39, 0.29) is 6.61 Å². The van der Waals surface area contributed by atoms with Crippen LogP contribution in [0.15, 0.2) is 29.8 Å². The summed E-state index contributed by atoms with van der Waals surface area (Å²) >= 11 is 0. The van der Waals surface area contributed by atoms with Crippen molar-refractivity contribution in [2.75, 3.05) is 13.2 Å². The predicted molar refractivity (Wildman–Crippen MR) is 65.0 cm³/mol. The third-order valence-electron chi connectivity index (χ3n) is 2.21. The molecule has 1 aromatic carbocycles. The van der Waals surface area contributed by atoms with Crippen LogP contribution in [0.1, 0.15) is 6.92 Å². The molecule has 0 aliphatic carbocycles. The summed E-state index contributed by atoms with van der Waals surface area (Å²) in [7, 11) is 0. The van der Waals surface area contributed by atoms with E-state index in [1.54, 1.807) is 17.8 Å². The van der Waals surface area contributed by atoms with Crippen LogP contribution in [0.4, 0.5) is 0 Å². The normalized spacial score (nSPS) is 11.7. The lowest BCUT2D eigenvalue weighted by molar-refractivity contribution is -0.283. The molecule has 2 aromatic rings. The lowest BCUT2D eigenvalue weighted by Gasteiger charge is -2.00. The van der Waals surface area contributed by atoms with E-state index in [1.165, 1.54) is 0 Å². The lowest BCUT2D eigenvalue weighted by atomic mass is 10.3. The average Bonchev–Trinajstić information content (AvgIpc) is 2.81. The van der Waals surface area contributed by atoms with Gasteiger partial charge >= 0.3 is 0 Å². The summed E-state index contributed by atoms with van der Waals surface area (Å²) in [5.41, 5.74) is 2.01. The molecule has 1 aromatic heterocycles. The largest absolute Gasteiger partial charge is 0.237 e. The average molecular weight is 244 g/mol. The second kappa shape index (κ2) is 5.91. The third kappa shape index (κ3) is 2.71. The fourth-order valence-electron chi connectivity index (χ4n) is 1.42. The Labute approximate surface area is 104 Å². The Morgan fingerprint density at radius 3 is 3.06 bits per heavy atom. The van der Waals surface area contributed by atoms with Gasteiger partial charge in [0.2, 0.25) is 0 Å². The van der Waals surface area contributed by atoms with Crippen LogP contribution in [-0.4, -0.2) is 28.2 Å². The van der Waals surface area contributed by atoms with Crippen molar-refractivity contribution >= 4 is 17.2 Å². The molecular formula is C12H12N4O2. The quantitative estimate of drug-likeness (QED) is 0.347. The number of aromatic nitrogens is 3. The highest BCUT2D eigenvalue weighted by Gasteiger charge is 2.03. The fourth-order valence-corrected chi connectivity index (χ4v) is 1.42. The van der Waals surface area contributed by atoms with Crippen molar-refractivity contribution in [3.05, 3.63) is 29.8 Å². The molecule has 0 unspecified atom stereocenters. The van der Waals surface area contributed by atoms with Crippen molar-refractivity contribution < 1.29 is 9.78 Å². The lowest BCUT2D eigenvalue weighted by Crippen LogP contribution is -2.00. The third-order valence-corrected chi connectivity index (χ3v) is 2.21. The van der Waals surface area contributed by atoms with Gasteiger partial charge in [-0.15, -0.1) is 5.10 Å². The zero-order chi connectivity index (χ0) is 12.8. The van der Waals surface area contributed by atoms with Gasteiger partial charge in [-0.1, -0.05) is 17.3 Å². The Bertz CT molecular complexity index is 597. The first kappa shape index (κ1) is 12.2. The van der Waals surface area contributed by atoms with Gasteiger partial charge < -0.3 is 0 Å². The summed E-state index contributed by atoms with van der Waals surface area (Å²) in [4.78, 5) is 9.58. The van der Waals surface area contributed by atoms with Crippen LogP contribution in [0.2, 0.25) is 0 Å². The van der Waals surface area contributed by atoms with E-state index in [2.05, 4.69) is 10.3 Å². The Morgan fingerprint density at radius 2 is 2.28 bits per heavy atom. The molecule has 0 bridgehead atoms. The highest BCUT2D eigenvalue weighted by Crippen LogP contribution is 2.11. The molecule has 2 rings (SSSR count). The van der Waals surface area contributed by atoms with Gasteiger partial charge in [-0.3, -0.25) is 0 Å². The molecule has 0 amide bonds. The summed E-state index contributed by atoms with van der Waals surface area (Å²) in [6.45, 7) is 2.32. The van der Waals surface area contributed by atoms with E-state index >= 15 is 0 Å². The number of fused-ring (bicyclic) bond motifs is 1. The molecule has 92 valence electrons. The minimum Gasteiger partial charge on any atom is -0.237 e. The van der Waals surface area contributed by atoms with Crippen LogP contribution in [0.3, 0.4) is 0 Å². The number of nitriles is 1. The number of para-hydroxylation sites is 1. The Hall–Kier alpha value is -2.23. The second-order valence-electron chi connectivity index (χ2n) is 3.46. The molecule has 6 nitrogen and oxygen atoms in total. The van der Waals surface area contributed by atoms with Crippen molar-refractivity contribution in [1.82, 2.24) is 15.0 Å². The number of benzene rings is 1. The highest BCUT2D eigenvalue weighted by molar-refractivity contribution is 5.76. The maximum Gasteiger partial charge on any atom is 0.119 e. The van der Waals surface area contributed by atoms with Crippen molar-refractivity contribution in [1.29, 1.82) is 5.26 Å². The SMILES string of the molecule is CCOOCC(C#N)=Cn1nnc2ccccc21. The minimum atomic E-state index is 0.0819. The predicted octanol–water partition coefficient (Wildman–Crippen LogP) is 1.76. The topological polar surface area (TPSA) is 73.0 Å². The van der Waals surface area contributed by atoms with Crippen molar-refractivity contribution in [3.8, 4) is 6.07 Å². The molecule has 18 heavy (non-hydrogen) atoms. The Morgan fingerprint density at radius 1 is 1.44 bits per heavy atom. The van der Waals surface area contributed by atoms with E-state index in [0.717, 1.165) is 11.0 Å². The zero-order valence-corrected chi connectivity index (χ0v) is 9.91. The van der Waals surface area contributed by atoms with Crippen molar-refractivity contribution in [2.45, 2.75) is 6.92 Å². The van der Waals surface area contributed by atoms with E-state index in [0.29, 0.717) is 12.2 Å². The highest BCUT2D eigenvalue weighted by atomic mass is 17.2. The molecule has 0 spiro atoms. The molecule has 0 radical (unpaired) electrons. The molecule has 0 aliphatic rings. The van der Waals surface area contributed by atoms with Crippen LogP contribution in [-0.2, 0) is 9.78 Å². The number of rotatable bonds is 5. The first-order valence-corrected chi connectivity index (χ1v) is 5.50. The number of hydrogen-bond donors (Lipinski definition) is 0. The van der Waals surface area contributed by atoms with Gasteiger partial charge in [-0.2, -0.15) is 5.26 Å². The van der Waals surface area contributed by atoms with Gasteiger partial charge in [0, 0.05) is 6.20 Å². The summed E-state index contributed by atoms with van der Waals surface area (Å²) in [5.74, 6) is 0. The van der Waals surface area contributed by atoms with Crippen LogP contribution >= 0.6 is 0 Å². The fraction of sp³-hybridized carbons (Fsp3) is 0.250. The van der Waals surface area contributed by atoms with E-state index in [1.807, 2.05) is 30.3 Å². The van der Waals surface area contributed by atoms with Crippen molar-refractivity contribution in [3.63, 3.8) is 0 Å². The number of hydrogen-bond acceptors (Lipinski definition) is 5. The smallest absolute Gasteiger partial charge is 0.119 e. The van der Waals surface area contributed by atoms with Crippen LogP contribution < -0.4 is 0 Å². The molecule has 6 heteroatoms. The maximum absolute atomic E-state index is 8.98. The molecule has 1 heterocycles. The zero-order valence-electron chi connectivity index (χ0n) is 9.91. The second-order valence-corrected chi connectivity index (χ2v) is 3.46. The number of nitrogens with zero attached hydrogens (tertiary/aromatic N) is 4. The van der Waals surface area contributed by atoms with Crippen LogP contribution in [0.5, 0.6) is 0 Å². The summed E-state index contributed by atoms with van der Waals surface area (Å²) in [5, 5.41) is 16.9. The summed E-state index contributed by atoms with van der Waals surface area (Å²) in [6.07, 6.45) is 1.58. The molecule has 0 saturated carbocycles. The van der Waals surface area contributed by atoms with E-state index in [9.17, 15) is 0 Å².